The molecular weight excluding hydrogens is 319 g/mol. The van der Waals surface area contributed by atoms with Crippen LogP contribution >= 0.6 is 11.3 Å². The molecule has 2 rings (SSSR count). The minimum absolute atomic E-state index is 0.0239. The van der Waals surface area contributed by atoms with Crippen LogP contribution in [0.15, 0.2) is 18.2 Å². The first kappa shape index (κ1) is 16.5. The van der Waals surface area contributed by atoms with Gasteiger partial charge in [-0.25, -0.2) is 4.98 Å². The van der Waals surface area contributed by atoms with Gasteiger partial charge in [-0.2, -0.15) is 13.2 Å². The predicted molar refractivity (Wildman–Crippen MR) is 77.8 cm³/mol. The van der Waals surface area contributed by atoms with Gasteiger partial charge in [0.15, 0.2) is 5.13 Å². The van der Waals surface area contributed by atoms with Crippen LogP contribution in [0, 0.1) is 0 Å². The van der Waals surface area contributed by atoms with Crippen molar-refractivity contribution in [3.8, 4) is 0 Å². The molecule has 0 bridgehead atoms. The molecular formula is C13H14F3N3O2S. The van der Waals surface area contributed by atoms with E-state index in [4.69, 9.17) is 0 Å². The van der Waals surface area contributed by atoms with Crippen LogP contribution in [0.3, 0.4) is 0 Å². The number of carbonyl (C=O) groups is 1. The van der Waals surface area contributed by atoms with Crippen LogP contribution in [0.1, 0.15) is 12.5 Å². The smallest absolute Gasteiger partial charge is 0.369 e. The number of hydrogen-bond acceptors (Lipinski definition) is 5. The highest BCUT2D eigenvalue weighted by atomic mass is 32.1. The van der Waals surface area contributed by atoms with Crippen molar-refractivity contribution in [2.45, 2.75) is 18.7 Å². The zero-order valence-electron chi connectivity index (χ0n) is 11.8. The van der Waals surface area contributed by atoms with E-state index in [1.807, 2.05) is 5.32 Å². The zero-order chi connectivity index (χ0) is 16.5. The molecule has 2 aromatic rings. The molecule has 0 fully saturated rings. The van der Waals surface area contributed by atoms with E-state index in [0.717, 1.165) is 23.5 Å². The molecule has 22 heavy (non-hydrogen) atoms. The van der Waals surface area contributed by atoms with E-state index in [0.29, 0.717) is 15.3 Å². The summed E-state index contributed by atoms with van der Waals surface area (Å²) in [5.41, 5.74) is -3.65. The second kappa shape index (κ2) is 5.73. The second-order valence-electron chi connectivity index (χ2n) is 4.52. The monoisotopic (exact) mass is 333 g/mol. The van der Waals surface area contributed by atoms with Crippen LogP contribution in [0.5, 0.6) is 0 Å². The lowest BCUT2D eigenvalue weighted by Gasteiger charge is -2.29. The van der Waals surface area contributed by atoms with Crippen LogP contribution in [0.25, 0.3) is 10.2 Å². The largest absolute Gasteiger partial charge is 0.430 e. The molecule has 9 heteroatoms. The molecule has 0 saturated carbocycles. The van der Waals surface area contributed by atoms with Crippen molar-refractivity contribution in [2.75, 3.05) is 18.9 Å². The van der Waals surface area contributed by atoms with Crippen LogP contribution in [-0.2, 0) is 10.4 Å². The maximum atomic E-state index is 13.3. The van der Waals surface area contributed by atoms with Crippen molar-refractivity contribution in [2.24, 2.45) is 0 Å². The summed E-state index contributed by atoms with van der Waals surface area (Å²) in [4.78, 5) is 15.9. The maximum Gasteiger partial charge on any atom is 0.430 e. The fourth-order valence-electron chi connectivity index (χ4n) is 1.97. The Morgan fingerprint density at radius 3 is 2.64 bits per heavy atom. The minimum atomic E-state index is -5.14. The molecule has 0 aliphatic carbocycles. The van der Waals surface area contributed by atoms with Crippen LogP contribution in [0.4, 0.5) is 18.3 Å². The van der Waals surface area contributed by atoms with Crippen molar-refractivity contribution < 1.29 is 23.1 Å². The van der Waals surface area contributed by atoms with Crippen molar-refractivity contribution in [1.82, 2.24) is 10.3 Å². The molecule has 1 amide bonds. The number of carbonyl (C=O) groups excluding carboxylic acids is 1. The van der Waals surface area contributed by atoms with Gasteiger partial charge >= 0.3 is 6.18 Å². The molecule has 0 saturated heterocycles. The predicted octanol–water partition coefficient (Wildman–Crippen LogP) is 2.22. The Morgan fingerprint density at radius 1 is 1.41 bits per heavy atom. The fourth-order valence-corrected chi connectivity index (χ4v) is 2.83. The Kier molecular flexibility index (Phi) is 4.30. The molecule has 0 aliphatic rings. The number of hydrogen-bond donors (Lipinski definition) is 3. The molecule has 0 unspecified atom stereocenters. The highest BCUT2D eigenvalue weighted by Crippen LogP contribution is 2.41. The Hall–Kier alpha value is -1.87. The topological polar surface area (TPSA) is 74.2 Å². The number of rotatable bonds is 4. The third kappa shape index (κ3) is 2.61. The first-order valence-electron chi connectivity index (χ1n) is 6.40. The summed E-state index contributed by atoms with van der Waals surface area (Å²) < 4.78 is 40.3. The van der Waals surface area contributed by atoms with E-state index in [-0.39, 0.29) is 6.54 Å². The Morgan fingerprint density at radius 2 is 2.09 bits per heavy atom. The second-order valence-corrected chi connectivity index (χ2v) is 5.55. The summed E-state index contributed by atoms with van der Waals surface area (Å²) in [7, 11) is 1.64. The van der Waals surface area contributed by atoms with Gasteiger partial charge in [-0.3, -0.25) is 4.79 Å². The number of aromatic nitrogens is 1. The Balaban J connectivity index is 2.59. The van der Waals surface area contributed by atoms with Gasteiger partial charge in [-0.05, 0) is 19.1 Å². The molecule has 0 radical (unpaired) electrons. The third-order valence-electron chi connectivity index (χ3n) is 3.10. The number of aliphatic hydroxyl groups is 1. The number of nitrogens with zero attached hydrogens (tertiary/aromatic N) is 1. The molecule has 1 aromatic carbocycles. The van der Waals surface area contributed by atoms with E-state index in [9.17, 15) is 23.1 Å². The summed E-state index contributed by atoms with van der Waals surface area (Å²) in [5.74, 6) is -1.50. The number of amides is 1. The molecule has 0 spiro atoms. The number of nitrogens with one attached hydrogen (secondary N) is 2. The fraction of sp³-hybridized carbons (Fsp3) is 0.385. The first-order valence-corrected chi connectivity index (χ1v) is 7.22. The van der Waals surface area contributed by atoms with Crippen LogP contribution in [-0.4, -0.2) is 35.8 Å². The van der Waals surface area contributed by atoms with Gasteiger partial charge in [0.25, 0.3) is 11.5 Å². The molecule has 3 N–H and O–H groups in total. The standard InChI is InChI=1S/C13H14F3N3O2S/c1-3-18-10(20)12(21,13(14,15)16)7-4-5-8-9(6-7)22-11(17-2)19-8/h4-6,21H,3H2,1-2H3,(H,17,19)(H,18,20)/t12-/m0/s1. The Bertz CT molecular complexity index is 701. The van der Waals surface area contributed by atoms with Crippen LogP contribution in [0.2, 0.25) is 0 Å². The van der Waals surface area contributed by atoms with Crippen molar-refractivity contribution in [3.63, 3.8) is 0 Å². The number of thiazole rings is 1. The minimum Gasteiger partial charge on any atom is -0.369 e. The summed E-state index contributed by atoms with van der Waals surface area (Å²) in [6, 6.07) is 3.54. The third-order valence-corrected chi connectivity index (χ3v) is 4.13. The number of likely N-dealkylation sites (N-methyl/N-ethyl adjacent to an activating group) is 1. The molecule has 120 valence electrons. The van der Waals surface area contributed by atoms with Crippen molar-refractivity contribution in [3.05, 3.63) is 23.8 Å². The number of alkyl halides is 3. The number of halogens is 3. The molecule has 5 nitrogen and oxygen atoms in total. The lowest BCUT2D eigenvalue weighted by Crippen LogP contribution is -2.54. The molecule has 0 aliphatic heterocycles. The van der Waals surface area contributed by atoms with Gasteiger partial charge in [-0.1, -0.05) is 17.4 Å². The summed E-state index contributed by atoms with van der Waals surface area (Å²) >= 11 is 1.13. The van der Waals surface area contributed by atoms with Gasteiger partial charge in [-0.15, -0.1) is 0 Å². The molecule has 1 aromatic heterocycles. The highest BCUT2D eigenvalue weighted by molar-refractivity contribution is 7.22. The summed E-state index contributed by atoms with van der Waals surface area (Å²) in [6.45, 7) is 1.45. The lowest BCUT2D eigenvalue weighted by molar-refractivity contribution is -0.256. The van der Waals surface area contributed by atoms with Gasteiger partial charge in [0.1, 0.15) is 0 Å². The number of benzene rings is 1. The van der Waals surface area contributed by atoms with E-state index >= 15 is 0 Å². The average Bonchev–Trinajstić information content (AvgIpc) is 2.87. The van der Waals surface area contributed by atoms with E-state index < -0.39 is 23.2 Å². The number of anilines is 1. The van der Waals surface area contributed by atoms with E-state index in [1.165, 1.54) is 13.0 Å². The normalized spacial score (nSPS) is 14.6. The van der Waals surface area contributed by atoms with E-state index in [2.05, 4.69) is 10.3 Å². The van der Waals surface area contributed by atoms with Gasteiger partial charge in [0.2, 0.25) is 0 Å². The summed E-state index contributed by atoms with van der Waals surface area (Å²) in [5, 5.41) is 15.4. The van der Waals surface area contributed by atoms with Gasteiger partial charge in [0, 0.05) is 19.2 Å². The molecule has 1 atom stereocenters. The van der Waals surface area contributed by atoms with Crippen LogP contribution < -0.4 is 10.6 Å². The number of fused-ring (bicyclic) bond motifs is 1. The van der Waals surface area contributed by atoms with Crippen molar-refractivity contribution >= 4 is 32.6 Å². The van der Waals surface area contributed by atoms with Gasteiger partial charge in [0.05, 0.1) is 10.2 Å². The Labute approximate surface area is 128 Å². The summed E-state index contributed by atoms with van der Waals surface area (Å²) in [6.07, 6.45) is -5.14. The average molecular weight is 333 g/mol. The highest BCUT2D eigenvalue weighted by Gasteiger charge is 2.60. The van der Waals surface area contributed by atoms with E-state index in [1.54, 1.807) is 7.05 Å². The SMILES string of the molecule is CCNC(=O)[C@@](O)(c1ccc2nc(NC)sc2c1)C(F)(F)F. The quantitative estimate of drug-likeness (QED) is 0.802. The van der Waals surface area contributed by atoms with Gasteiger partial charge < -0.3 is 15.7 Å². The zero-order valence-corrected chi connectivity index (χ0v) is 12.6. The first-order chi connectivity index (χ1) is 10.2. The lowest BCUT2D eigenvalue weighted by atomic mass is 9.92. The van der Waals surface area contributed by atoms with Crippen molar-refractivity contribution in [1.29, 1.82) is 0 Å². The molecule has 1 heterocycles. The maximum absolute atomic E-state index is 13.3.